The number of rotatable bonds is 12. The third-order valence-electron chi connectivity index (χ3n) is 10.1. The first kappa shape index (κ1) is 37.1. The molecule has 4 nitrogen and oxygen atoms in total. The third kappa shape index (κ3) is 7.95. The number of hydrogen-bond donors (Lipinski definition) is 0. The van der Waals surface area contributed by atoms with Gasteiger partial charge >= 0.3 is 0 Å². The number of hydrogen-bond acceptors (Lipinski definition) is 4. The van der Waals surface area contributed by atoms with Crippen LogP contribution in [0.4, 0.5) is 0 Å². The Bertz CT molecular complexity index is 2360. The Kier molecular flexibility index (Phi) is 10.8. The van der Waals surface area contributed by atoms with Crippen molar-refractivity contribution in [2.24, 2.45) is 0 Å². The van der Waals surface area contributed by atoms with Crippen LogP contribution in [0.25, 0.3) is 11.1 Å². The topological polar surface area (TPSA) is 68.3 Å². The molecule has 0 aliphatic carbocycles. The lowest BCUT2D eigenvalue weighted by Crippen LogP contribution is -2.04. The smallest absolute Gasteiger partial charge is 0.193 e. The van der Waals surface area contributed by atoms with Gasteiger partial charge in [-0.05, 0) is 33.4 Å². The van der Waals surface area contributed by atoms with Crippen LogP contribution < -0.4 is 0 Å². The Balaban J connectivity index is 1.30. The van der Waals surface area contributed by atoms with Crippen LogP contribution in [0.1, 0.15) is 85.9 Å². The summed E-state index contributed by atoms with van der Waals surface area (Å²) >= 11 is 0. The molecule has 0 saturated carbocycles. The van der Waals surface area contributed by atoms with Crippen LogP contribution in [0, 0.1) is 0 Å². The highest BCUT2D eigenvalue weighted by atomic mass is 16.1. The molecule has 8 aromatic carbocycles. The molecule has 0 saturated heterocycles. The fraction of sp³-hybridized carbons (Fsp3) is 0. The first-order valence-electron chi connectivity index (χ1n) is 19.0. The van der Waals surface area contributed by atoms with Gasteiger partial charge in [0, 0.05) is 44.5 Å². The molecule has 0 fully saturated rings. The number of ketones is 4. The molecular weight excluding hydrogens is 713 g/mol. The molecule has 0 radical (unpaired) electrons. The molecule has 0 N–H and O–H groups in total. The maximum absolute atomic E-state index is 13.5. The van der Waals surface area contributed by atoms with Crippen LogP contribution in [0.2, 0.25) is 0 Å². The van der Waals surface area contributed by atoms with E-state index in [0.717, 1.165) is 33.4 Å². The van der Waals surface area contributed by atoms with E-state index in [1.807, 2.05) is 170 Å². The Morgan fingerprint density at radius 3 is 0.483 bits per heavy atom. The van der Waals surface area contributed by atoms with Crippen molar-refractivity contribution in [2.75, 3.05) is 0 Å². The quantitative estimate of drug-likeness (QED) is 0.0921. The summed E-state index contributed by atoms with van der Waals surface area (Å²) in [6.07, 6.45) is 0. The van der Waals surface area contributed by atoms with E-state index in [0.29, 0.717) is 44.5 Å². The van der Waals surface area contributed by atoms with Crippen LogP contribution in [-0.4, -0.2) is 23.1 Å². The van der Waals surface area contributed by atoms with Crippen molar-refractivity contribution in [3.05, 3.63) is 285 Å². The third-order valence-corrected chi connectivity index (χ3v) is 10.1. The van der Waals surface area contributed by atoms with Gasteiger partial charge in [-0.2, -0.15) is 0 Å². The highest BCUT2D eigenvalue weighted by molar-refractivity contribution is 6.13. The largest absolute Gasteiger partial charge is 0.289 e. The second-order valence-corrected chi connectivity index (χ2v) is 13.8. The molecule has 8 rings (SSSR count). The summed E-state index contributed by atoms with van der Waals surface area (Å²) in [5.41, 5.74) is 9.57. The minimum Gasteiger partial charge on any atom is -0.289 e. The maximum Gasteiger partial charge on any atom is 0.193 e. The van der Waals surface area contributed by atoms with Gasteiger partial charge in [0.15, 0.2) is 23.1 Å². The summed E-state index contributed by atoms with van der Waals surface area (Å²) in [7, 11) is 0. The van der Waals surface area contributed by atoms with E-state index in [2.05, 4.69) is 0 Å². The first-order valence-corrected chi connectivity index (χ1v) is 19.0. The van der Waals surface area contributed by atoms with Crippen molar-refractivity contribution in [1.82, 2.24) is 0 Å². The highest BCUT2D eigenvalue weighted by Gasteiger charge is 2.20. The fourth-order valence-electron chi connectivity index (χ4n) is 7.09. The maximum atomic E-state index is 13.5. The van der Waals surface area contributed by atoms with Crippen molar-refractivity contribution in [1.29, 1.82) is 0 Å². The van der Waals surface area contributed by atoms with Crippen molar-refractivity contribution in [3.63, 3.8) is 0 Å². The van der Waals surface area contributed by atoms with Crippen molar-refractivity contribution >= 4 is 34.3 Å². The van der Waals surface area contributed by atoms with Crippen molar-refractivity contribution < 1.29 is 19.2 Å². The van der Waals surface area contributed by atoms with Gasteiger partial charge in [-0.3, -0.25) is 19.2 Å². The number of carbonyl (C=O) groups is 4. The van der Waals surface area contributed by atoms with Gasteiger partial charge in [0.25, 0.3) is 0 Å². The molecule has 276 valence electrons. The average molecular weight is 749 g/mol. The van der Waals surface area contributed by atoms with Crippen LogP contribution in [0.5, 0.6) is 0 Å². The minimum absolute atomic E-state index is 0.0842. The molecule has 0 spiro atoms. The average Bonchev–Trinajstić information content (AvgIpc) is 3.31. The predicted molar refractivity (Wildman–Crippen MR) is 230 cm³/mol. The van der Waals surface area contributed by atoms with E-state index in [4.69, 9.17) is 0 Å². The van der Waals surface area contributed by atoms with Crippen LogP contribution >= 0.6 is 0 Å². The molecular formula is C54H36O4. The Morgan fingerprint density at radius 2 is 0.310 bits per heavy atom. The second-order valence-electron chi connectivity index (χ2n) is 13.8. The lowest BCUT2D eigenvalue weighted by atomic mass is 9.84. The molecule has 4 heteroatoms. The van der Waals surface area contributed by atoms with E-state index in [1.54, 1.807) is 48.5 Å². The predicted octanol–water partition coefficient (Wildman–Crippen LogP) is 11.6. The zero-order valence-electron chi connectivity index (χ0n) is 31.4. The Morgan fingerprint density at radius 1 is 0.172 bits per heavy atom. The highest BCUT2D eigenvalue weighted by Crippen LogP contribution is 2.38. The molecule has 0 aliphatic rings. The zero-order valence-corrected chi connectivity index (χ0v) is 31.4. The van der Waals surface area contributed by atoms with Gasteiger partial charge in [0.2, 0.25) is 0 Å². The van der Waals surface area contributed by atoms with Gasteiger partial charge in [0.05, 0.1) is 0 Å². The Hall–Kier alpha value is -7.82. The normalized spacial score (nSPS) is 10.7. The van der Waals surface area contributed by atoms with Crippen LogP contribution in [0.15, 0.2) is 218 Å². The standard InChI is InChI=1S/C54H36O4/c55-51(41-13-5-1-6-14-41)45-29-21-37(22-30-45)49(38-23-31-46(32-24-38)52(56)42-15-7-2-8-16-42)50(39-25-33-47(34-26-39)53(57)43-17-9-3-10-18-43)40-27-35-48(36-28-40)54(58)44-19-11-4-12-20-44/h1-36H. The lowest BCUT2D eigenvalue weighted by molar-refractivity contribution is 0.103. The van der Waals surface area contributed by atoms with E-state index in [9.17, 15) is 19.2 Å². The van der Waals surface area contributed by atoms with Crippen LogP contribution in [0.3, 0.4) is 0 Å². The van der Waals surface area contributed by atoms with Gasteiger partial charge in [-0.25, -0.2) is 0 Å². The molecule has 0 atom stereocenters. The molecule has 0 unspecified atom stereocenters. The molecule has 0 heterocycles. The lowest BCUT2D eigenvalue weighted by Gasteiger charge is -2.19. The second kappa shape index (κ2) is 16.9. The monoisotopic (exact) mass is 748 g/mol. The minimum atomic E-state index is -0.0842. The summed E-state index contributed by atoms with van der Waals surface area (Å²) in [6.45, 7) is 0. The van der Waals surface area contributed by atoms with E-state index in [-0.39, 0.29) is 23.1 Å². The summed E-state index contributed by atoms with van der Waals surface area (Å²) in [6, 6.07) is 66.9. The molecule has 0 aromatic heterocycles. The van der Waals surface area contributed by atoms with E-state index >= 15 is 0 Å². The summed E-state index contributed by atoms with van der Waals surface area (Å²) in [4.78, 5) is 53.9. The van der Waals surface area contributed by atoms with Gasteiger partial charge < -0.3 is 0 Å². The number of benzene rings is 8. The first-order chi connectivity index (χ1) is 28.4. The summed E-state index contributed by atoms with van der Waals surface area (Å²) in [5, 5.41) is 0. The molecule has 8 aromatic rings. The fourth-order valence-corrected chi connectivity index (χ4v) is 7.09. The molecule has 0 bridgehead atoms. The van der Waals surface area contributed by atoms with Gasteiger partial charge in [-0.15, -0.1) is 0 Å². The SMILES string of the molecule is O=C(c1ccccc1)c1ccc(C(=C(c2ccc(C(=O)c3ccccc3)cc2)c2ccc(C(=O)c3ccccc3)cc2)c2ccc(C(=O)c3ccccc3)cc2)cc1. The molecule has 58 heavy (non-hydrogen) atoms. The Labute approximate surface area is 337 Å². The van der Waals surface area contributed by atoms with E-state index < -0.39 is 0 Å². The van der Waals surface area contributed by atoms with E-state index in [1.165, 1.54) is 0 Å². The summed E-state index contributed by atoms with van der Waals surface area (Å²) in [5.74, 6) is -0.337. The van der Waals surface area contributed by atoms with Gasteiger partial charge in [-0.1, -0.05) is 218 Å². The van der Waals surface area contributed by atoms with Crippen molar-refractivity contribution in [2.45, 2.75) is 0 Å². The van der Waals surface area contributed by atoms with Crippen LogP contribution in [-0.2, 0) is 0 Å². The van der Waals surface area contributed by atoms with Crippen molar-refractivity contribution in [3.8, 4) is 0 Å². The van der Waals surface area contributed by atoms with Gasteiger partial charge in [0.1, 0.15) is 0 Å². The zero-order chi connectivity index (χ0) is 39.8. The molecule has 0 amide bonds. The molecule has 0 aliphatic heterocycles. The summed E-state index contributed by atoms with van der Waals surface area (Å²) < 4.78 is 0. The number of carbonyl (C=O) groups excluding carboxylic acids is 4.